The highest BCUT2D eigenvalue weighted by Gasteiger charge is 2.25. The minimum atomic E-state index is -0.0297. The maximum absolute atomic E-state index is 12.5. The summed E-state index contributed by atoms with van der Waals surface area (Å²) in [6, 6.07) is 3.70. The Morgan fingerprint density at radius 2 is 2.16 bits per heavy atom. The molecule has 1 unspecified atom stereocenters. The summed E-state index contributed by atoms with van der Waals surface area (Å²) in [5.41, 5.74) is 0.412. The van der Waals surface area contributed by atoms with Gasteiger partial charge in [0.25, 0.3) is 5.91 Å². The molecule has 1 aromatic rings. The first-order valence-electron chi connectivity index (χ1n) is 6.63. The summed E-state index contributed by atoms with van der Waals surface area (Å²) >= 11 is 0. The van der Waals surface area contributed by atoms with Gasteiger partial charge in [-0.15, -0.1) is 10.2 Å². The van der Waals surface area contributed by atoms with E-state index in [1.54, 1.807) is 19.2 Å². The summed E-state index contributed by atoms with van der Waals surface area (Å²) in [5, 5.41) is 10.8. The van der Waals surface area contributed by atoms with Crippen LogP contribution < -0.4 is 5.32 Å². The van der Waals surface area contributed by atoms with E-state index in [1.165, 1.54) is 0 Å². The predicted octanol–water partition coefficient (Wildman–Crippen LogP) is 0.684. The van der Waals surface area contributed by atoms with Crippen LogP contribution in [-0.2, 0) is 0 Å². The summed E-state index contributed by atoms with van der Waals surface area (Å²) in [5.74, 6) is 0.637. The van der Waals surface area contributed by atoms with Crippen molar-refractivity contribution in [3.8, 4) is 0 Å². The third-order valence-electron chi connectivity index (χ3n) is 3.45. The number of hydrogen-bond acceptors (Lipinski definition) is 5. The van der Waals surface area contributed by atoms with Gasteiger partial charge >= 0.3 is 0 Å². The van der Waals surface area contributed by atoms with Gasteiger partial charge in [-0.1, -0.05) is 0 Å². The maximum atomic E-state index is 12.5. The molecule has 0 bridgehead atoms. The van der Waals surface area contributed by atoms with E-state index in [-0.39, 0.29) is 11.9 Å². The number of rotatable bonds is 2. The fourth-order valence-electron chi connectivity index (χ4n) is 2.40. The highest BCUT2D eigenvalue weighted by Crippen LogP contribution is 2.12. The molecule has 1 aromatic heterocycles. The average Bonchev–Trinajstić information content (AvgIpc) is 2.58. The van der Waals surface area contributed by atoms with Crippen LogP contribution >= 0.6 is 0 Å². The molecule has 0 aliphatic carbocycles. The molecule has 6 nitrogen and oxygen atoms in total. The average molecular weight is 263 g/mol. The van der Waals surface area contributed by atoms with Crippen LogP contribution in [0.2, 0.25) is 0 Å². The summed E-state index contributed by atoms with van der Waals surface area (Å²) in [6.07, 6.45) is 0.995. The largest absolute Gasteiger partial charge is 0.372 e. The smallest absolute Gasteiger partial charge is 0.274 e. The van der Waals surface area contributed by atoms with Gasteiger partial charge in [0.05, 0.1) is 0 Å². The molecule has 1 N–H and O–H groups in total. The summed E-state index contributed by atoms with van der Waals surface area (Å²) in [6.45, 7) is 4.78. The van der Waals surface area contributed by atoms with Crippen LogP contribution in [0.3, 0.4) is 0 Å². The topological polar surface area (TPSA) is 61.4 Å². The van der Waals surface area contributed by atoms with Crippen LogP contribution in [0.25, 0.3) is 0 Å². The van der Waals surface area contributed by atoms with Crippen molar-refractivity contribution in [1.82, 2.24) is 20.0 Å². The first kappa shape index (κ1) is 13.7. The second-order valence-electron chi connectivity index (χ2n) is 5.02. The molecule has 2 heterocycles. The zero-order valence-electron chi connectivity index (χ0n) is 11.8. The summed E-state index contributed by atoms with van der Waals surface area (Å²) in [4.78, 5) is 16.6. The van der Waals surface area contributed by atoms with Gasteiger partial charge in [-0.05, 0) is 39.1 Å². The molecule has 104 valence electrons. The molecule has 1 aliphatic rings. The van der Waals surface area contributed by atoms with E-state index < -0.39 is 0 Å². The van der Waals surface area contributed by atoms with Gasteiger partial charge in [0, 0.05) is 26.2 Å². The Bertz CT molecular complexity index is 433. The van der Waals surface area contributed by atoms with Gasteiger partial charge in [-0.2, -0.15) is 0 Å². The first-order chi connectivity index (χ1) is 9.11. The molecule has 6 heteroatoms. The van der Waals surface area contributed by atoms with Gasteiger partial charge in [0.15, 0.2) is 5.69 Å². The number of anilines is 1. The highest BCUT2D eigenvalue weighted by atomic mass is 16.2. The van der Waals surface area contributed by atoms with E-state index >= 15 is 0 Å². The quantitative estimate of drug-likeness (QED) is 0.850. The van der Waals surface area contributed by atoms with E-state index in [0.29, 0.717) is 11.5 Å². The van der Waals surface area contributed by atoms with Crippen molar-refractivity contribution in [3.63, 3.8) is 0 Å². The lowest BCUT2D eigenvalue weighted by molar-refractivity contribution is 0.0689. The number of aromatic nitrogens is 2. The molecular weight excluding hydrogens is 242 g/mol. The fourth-order valence-corrected chi connectivity index (χ4v) is 2.40. The predicted molar refractivity (Wildman–Crippen MR) is 74.2 cm³/mol. The lowest BCUT2D eigenvalue weighted by Crippen LogP contribution is -2.42. The van der Waals surface area contributed by atoms with Crippen LogP contribution in [0.5, 0.6) is 0 Å². The highest BCUT2D eigenvalue weighted by molar-refractivity contribution is 5.92. The number of carbonyl (C=O) groups excluding carboxylic acids is 1. The van der Waals surface area contributed by atoms with Crippen molar-refractivity contribution >= 4 is 11.7 Å². The van der Waals surface area contributed by atoms with Crippen molar-refractivity contribution in [2.75, 3.05) is 39.0 Å². The maximum Gasteiger partial charge on any atom is 0.274 e. The Hall–Kier alpha value is -1.69. The fraction of sp³-hybridized carbons (Fsp3) is 0.615. The van der Waals surface area contributed by atoms with E-state index in [1.807, 2.05) is 4.90 Å². The standard InChI is InChI=1S/C13H21N5O/c1-10-9-17(3)7-4-8-18(10)13(19)11-5-6-12(14-2)16-15-11/h5-6,10H,4,7-9H2,1-3H3,(H,14,16). The van der Waals surface area contributed by atoms with Crippen LogP contribution in [0.15, 0.2) is 12.1 Å². The minimum Gasteiger partial charge on any atom is -0.372 e. The number of nitrogens with zero attached hydrogens (tertiary/aromatic N) is 4. The molecule has 1 fully saturated rings. The van der Waals surface area contributed by atoms with Crippen LogP contribution in [0, 0.1) is 0 Å². The van der Waals surface area contributed by atoms with E-state index in [2.05, 4.69) is 34.4 Å². The molecule has 0 aromatic carbocycles. The van der Waals surface area contributed by atoms with Gasteiger partial charge < -0.3 is 15.1 Å². The molecular formula is C13H21N5O. The number of carbonyl (C=O) groups is 1. The Balaban J connectivity index is 2.12. The van der Waals surface area contributed by atoms with Crippen molar-refractivity contribution in [2.24, 2.45) is 0 Å². The van der Waals surface area contributed by atoms with E-state index in [4.69, 9.17) is 0 Å². The van der Waals surface area contributed by atoms with Crippen LogP contribution in [0.4, 0.5) is 5.82 Å². The Kier molecular flexibility index (Phi) is 4.31. The summed E-state index contributed by atoms with van der Waals surface area (Å²) < 4.78 is 0. The van der Waals surface area contributed by atoms with Gasteiger partial charge in [0.1, 0.15) is 5.82 Å². The van der Waals surface area contributed by atoms with Crippen molar-refractivity contribution in [3.05, 3.63) is 17.8 Å². The minimum absolute atomic E-state index is 0.0297. The second-order valence-corrected chi connectivity index (χ2v) is 5.02. The first-order valence-corrected chi connectivity index (χ1v) is 6.63. The van der Waals surface area contributed by atoms with Crippen molar-refractivity contribution < 1.29 is 4.79 Å². The number of hydrogen-bond donors (Lipinski definition) is 1. The van der Waals surface area contributed by atoms with Crippen molar-refractivity contribution in [2.45, 2.75) is 19.4 Å². The molecule has 0 saturated carbocycles. The van der Waals surface area contributed by atoms with E-state index in [0.717, 1.165) is 26.1 Å². The Labute approximate surface area is 113 Å². The Morgan fingerprint density at radius 1 is 1.37 bits per heavy atom. The van der Waals surface area contributed by atoms with E-state index in [9.17, 15) is 4.79 Å². The molecule has 1 aliphatic heterocycles. The molecule has 1 atom stereocenters. The summed E-state index contributed by atoms with van der Waals surface area (Å²) in [7, 11) is 3.87. The van der Waals surface area contributed by atoms with Gasteiger partial charge in [-0.25, -0.2) is 0 Å². The lowest BCUT2D eigenvalue weighted by atomic mass is 10.2. The molecule has 1 amide bonds. The van der Waals surface area contributed by atoms with Crippen LogP contribution in [0.1, 0.15) is 23.8 Å². The van der Waals surface area contributed by atoms with Crippen molar-refractivity contribution in [1.29, 1.82) is 0 Å². The molecule has 0 spiro atoms. The second kappa shape index (κ2) is 5.97. The Morgan fingerprint density at radius 3 is 2.79 bits per heavy atom. The third-order valence-corrected chi connectivity index (χ3v) is 3.45. The molecule has 2 rings (SSSR count). The molecule has 0 radical (unpaired) electrons. The molecule has 1 saturated heterocycles. The lowest BCUT2D eigenvalue weighted by Gasteiger charge is -2.27. The monoisotopic (exact) mass is 263 g/mol. The SMILES string of the molecule is CNc1ccc(C(=O)N2CCCN(C)CC2C)nn1. The van der Waals surface area contributed by atoms with Gasteiger partial charge in [0.2, 0.25) is 0 Å². The van der Waals surface area contributed by atoms with Crippen LogP contribution in [-0.4, -0.2) is 65.7 Å². The number of likely N-dealkylation sites (N-methyl/N-ethyl adjacent to an activating group) is 1. The number of nitrogens with one attached hydrogen (secondary N) is 1. The van der Waals surface area contributed by atoms with Gasteiger partial charge in [-0.3, -0.25) is 4.79 Å². The third kappa shape index (κ3) is 3.20. The zero-order valence-corrected chi connectivity index (χ0v) is 11.8. The number of amides is 1. The molecule has 19 heavy (non-hydrogen) atoms. The normalized spacial score (nSPS) is 21.0. The zero-order chi connectivity index (χ0) is 13.8.